The summed E-state index contributed by atoms with van der Waals surface area (Å²) in [4.78, 5) is 20.4. The monoisotopic (exact) mass is 323 g/mol. The number of likely N-dealkylation sites (N-methyl/N-ethyl adjacent to an activating group) is 1. The van der Waals surface area contributed by atoms with Crippen molar-refractivity contribution < 1.29 is 9.18 Å². The van der Waals surface area contributed by atoms with Crippen molar-refractivity contribution >= 4 is 11.7 Å². The number of hydrogen-bond donors (Lipinski definition) is 2. The van der Waals surface area contributed by atoms with Crippen molar-refractivity contribution in [1.82, 2.24) is 20.1 Å². The maximum absolute atomic E-state index is 13.5. The Balaban J connectivity index is 1.86. The summed E-state index contributed by atoms with van der Waals surface area (Å²) in [5.41, 5.74) is 0.137. The highest BCUT2D eigenvalue weighted by molar-refractivity contribution is 5.89. The molecule has 2 heterocycles. The van der Waals surface area contributed by atoms with Crippen LogP contribution in [0.25, 0.3) is 0 Å². The van der Waals surface area contributed by atoms with Gasteiger partial charge in [-0.25, -0.2) is 9.18 Å². The van der Waals surface area contributed by atoms with E-state index in [9.17, 15) is 9.18 Å². The van der Waals surface area contributed by atoms with Crippen LogP contribution in [0.5, 0.6) is 0 Å². The summed E-state index contributed by atoms with van der Waals surface area (Å²) in [6.45, 7) is 8.94. The number of piperazine rings is 1. The van der Waals surface area contributed by atoms with Gasteiger partial charge in [-0.1, -0.05) is 13.8 Å². The predicted molar refractivity (Wildman–Crippen MR) is 88.9 cm³/mol. The average molecular weight is 323 g/mol. The standard InChI is InChI=1S/C16H26FN5O/c1-12(2)15(22-8-6-21(3)7-9-22)11-19-16(23)20-14-4-5-18-10-13(14)17/h4-5,10,12,15H,6-9,11H2,1-3H3,(H2,18,19,20,23)/t15-/m0/s1. The zero-order valence-corrected chi connectivity index (χ0v) is 14.1. The molecule has 0 radical (unpaired) electrons. The second-order valence-electron chi connectivity index (χ2n) is 6.34. The fourth-order valence-corrected chi connectivity index (χ4v) is 2.78. The molecule has 2 amide bonds. The lowest BCUT2D eigenvalue weighted by molar-refractivity contribution is 0.0890. The van der Waals surface area contributed by atoms with Crippen molar-refractivity contribution in [3.05, 3.63) is 24.3 Å². The number of pyridine rings is 1. The molecule has 0 saturated carbocycles. The molecule has 1 saturated heterocycles. The van der Waals surface area contributed by atoms with Gasteiger partial charge in [-0.15, -0.1) is 0 Å². The molecule has 7 heteroatoms. The van der Waals surface area contributed by atoms with Crippen molar-refractivity contribution in [2.24, 2.45) is 5.92 Å². The number of amides is 2. The van der Waals surface area contributed by atoms with Gasteiger partial charge in [0.1, 0.15) is 0 Å². The van der Waals surface area contributed by atoms with Crippen molar-refractivity contribution in [3.8, 4) is 0 Å². The molecule has 1 atom stereocenters. The molecule has 1 aromatic rings. The van der Waals surface area contributed by atoms with Crippen LogP contribution in [0.15, 0.2) is 18.5 Å². The summed E-state index contributed by atoms with van der Waals surface area (Å²) in [7, 11) is 2.12. The molecule has 2 rings (SSSR count). The predicted octanol–water partition coefficient (Wildman–Crippen LogP) is 1.61. The first-order valence-corrected chi connectivity index (χ1v) is 8.04. The molecule has 1 aromatic heterocycles. The molecular formula is C16H26FN5O. The molecule has 1 aliphatic heterocycles. The van der Waals surface area contributed by atoms with Crippen LogP contribution in [0.4, 0.5) is 14.9 Å². The number of carbonyl (C=O) groups excluding carboxylic acids is 1. The van der Waals surface area contributed by atoms with Crippen LogP contribution in [0.3, 0.4) is 0 Å². The summed E-state index contributed by atoms with van der Waals surface area (Å²) >= 11 is 0. The van der Waals surface area contributed by atoms with Crippen LogP contribution < -0.4 is 10.6 Å². The Morgan fingerprint density at radius 3 is 2.65 bits per heavy atom. The van der Waals surface area contributed by atoms with Crippen molar-refractivity contribution in [2.45, 2.75) is 19.9 Å². The highest BCUT2D eigenvalue weighted by Gasteiger charge is 2.25. The molecule has 0 unspecified atom stereocenters. The first-order chi connectivity index (χ1) is 11.0. The van der Waals surface area contributed by atoms with Gasteiger partial charge in [-0.05, 0) is 19.0 Å². The normalized spacial score (nSPS) is 18.0. The summed E-state index contributed by atoms with van der Waals surface area (Å²) in [6, 6.07) is 1.32. The van der Waals surface area contributed by atoms with E-state index < -0.39 is 11.8 Å². The van der Waals surface area contributed by atoms with Gasteiger partial charge >= 0.3 is 6.03 Å². The van der Waals surface area contributed by atoms with E-state index in [4.69, 9.17) is 0 Å². The molecule has 23 heavy (non-hydrogen) atoms. The lowest BCUT2D eigenvalue weighted by atomic mass is 10.0. The maximum Gasteiger partial charge on any atom is 0.319 e. The number of aromatic nitrogens is 1. The molecule has 2 N–H and O–H groups in total. The Hall–Kier alpha value is -1.73. The number of anilines is 1. The SMILES string of the molecule is CC(C)[C@H](CNC(=O)Nc1ccncc1F)N1CCN(C)CC1. The molecule has 128 valence electrons. The smallest absolute Gasteiger partial charge is 0.319 e. The van der Waals surface area contributed by atoms with Crippen LogP contribution in [-0.4, -0.2) is 66.6 Å². The Kier molecular flexibility index (Phi) is 6.29. The average Bonchev–Trinajstić information content (AvgIpc) is 2.51. The van der Waals surface area contributed by atoms with Crippen LogP contribution in [0.1, 0.15) is 13.8 Å². The Bertz CT molecular complexity index is 517. The van der Waals surface area contributed by atoms with Gasteiger partial charge in [0.2, 0.25) is 0 Å². The van der Waals surface area contributed by atoms with Crippen LogP contribution in [-0.2, 0) is 0 Å². The lowest BCUT2D eigenvalue weighted by Gasteiger charge is -2.39. The molecule has 1 aliphatic rings. The number of rotatable bonds is 5. The number of halogens is 1. The van der Waals surface area contributed by atoms with E-state index in [1.165, 1.54) is 12.3 Å². The van der Waals surface area contributed by atoms with E-state index >= 15 is 0 Å². The number of nitrogens with one attached hydrogen (secondary N) is 2. The quantitative estimate of drug-likeness (QED) is 0.864. The summed E-state index contributed by atoms with van der Waals surface area (Å²) in [5, 5.41) is 5.38. The van der Waals surface area contributed by atoms with E-state index in [-0.39, 0.29) is 11.7 Å². The molecule has 0 aromatic carbocycles. The third-order valence-electron chi connectivity index (χ3n) is 4.27. The van der Waals surface area contributed by atoms with Crippen molar-refractivity contribution in [2.75, 3.05) is 45.1 Å². The molecular weight excluding hydrogens is 297 g/mol. The van der Waals surface area contributed by atoms with Crippen LogP contribution in [0, 0.1) is 11.7 Å². The Morgan fingerprint density at radius 1 is 1.35 bits per heavy atom. The van der Waals surface area contributed by atoms with Gasteiger partial charge in [0.05, 0.1) is 11.9 Å². The number of hydrogen-bond acceptors (Lipinski definition) is 4. The van der Waals surface area contributed by atoms with E-state index in [1.54, 1.807) is 0 Å². The van der Waals surface area contributed by atoms with Crippen LogP contribution in [0.2, 0.25) is 0 Å². The first kappa shape index (κ1) is 17.6. The largest absolute Gasteiger partial charge is 0.336 e. The van der Waals surface area contributed by atoms with Gasteiger partial charge in [0, 0.05) is 45.0 Å². The lowest BCUT2D eigenvalue weighted by Crippen LogP contribution is -2.54. The Labute approximate surface area is 137 Å². The number of nitrogens with zero attached hydrogens (tertiary/aromatic N) is 3. The minimum atomic E-state index is -0.540. The molecule has 0 bridgehead atoms. The fraction of sp³-hybridized carbons (Fsp3) is 0.625. The number of carbonyl (C=O) groups is 1. The molecule has 0 spiro atoms. The number of urea groups is 1. The second-order valence-corrected chi connectivity index (χ2v) is 6.34. The zero-order chi connectivity index (χ0) is 16.8. The van der Waals surface area contributed by atoms with Gasteiger partial charge in [-0.3, -0.25) is 9.88 Å². The van der Waals surface area contributed by atoms with E-state index in [1.807, 2.05) is 0 Å². The van der Waals surface area contributed by atoms with E-state index in [2.05, 4.69) is 46.3 Å². The van der Waals surface area contributed by atoms with E-state index in [0.29, 0.717) is 12.5 Å². The second kappa shape index (κ2) is 8.21. The Morgan fingerprint density at radius 2 is 2.04 bits per heavy atom. The molecule has 6 nitrogen and oxygen atoms in total. The highest BCUT2D eigenvalue weighted by Crippen LogP contribution is 2.13. The van der Waals surface area contributed by atoms with Crippen molar-refractivity contribution in [3.63, 3.8) is 0 Å². The summed E-state index contributed by atoms with van der Waals surface area (Å²) in [5.74, 6) is -0.113. The topological polar surface area (TPSA) is 60.5 Å². The zero-order valence-electron chi connectivity index (χ0n) is 14.1. The van der Waals surface area contributed by atoms with Crippen LogP contribution >= 0.6 is 0 Å². The minimum Gasteiger partial charge on any atom is -0.336 e. The maximum atomic E-state index is 13.5. The van der Waals surface area contributed by atoms with E-state index in [0.717, 1.165) is 32.4 Å². The minimum absolute atomic E-state index is 0.137. The fourth-order valence-electron chi connectivity index (χ4n) is 2.78. The van der Waals surface area contributed by atoms with Crippen molar-refractivity contribution in [1.29, 1.82) is 0 Å². The van der Waals surface area contributed by atoms with Gasteiger partial charge in [-0.2, -0.15) is 0 Å². The molecule has 1 fully saturated rings. The summed E-state index contributed by atoms with van der Waals surface area (Å²) in [6.07, 6.45) is 2.52. The van der Waals surface area contributed by atoms with Gasteiger partial charge < -0.3 is 15.5 Å². The third kappa shape index (κ3) is 5.14. The summed E-state index contributed by atoms with van der Waals surface area (Å²) < 4.78 is 13.5. The third-order valence-corrected chi connectivity index (χ3v) is 4.27. The molecule has 0 aliphatic carbocycles. The highest BCUT2D eigenvalue weighted by atomic mass is 19.1. The van der Waals surface area contributed by atoms with Gasteiger partial charge in [0.15, 0.2) is 5.82 Å². The van der Waals surface area contributed by atoms with Gasteiger partial charge in [0.25, 0.3) is 0 Å². The first-order valence-electron chi connectivity index (χ1n) is 8.04.